The van der Waals surface area contributed by atoms with E-state index in [2.05, 4.69) is 4.98 Å². The third kappa shape index (κ3) is 3.21. The van der Waals surface area contributed by atoms with E-state index in [1.54, 1.807) is 13.3 Å². The van der Waals surface area contributed by atoms with Crippen LogP contribution in [0.4, 0.5) is 0 Å². The molecule has 4 heteroatoms. The summed E-state index contributed by atoms with van der Waals surface area (Å²) >= 11 is 0. The van der Waals surface area contributed by atoms with Crippen molar-refractivity contribution in [2.45, 2.75) is 13.2 Å². The molecule has 0 atom stereocenters. The minimum absolute atomic E-state index is 0.443. The van der Waals surface area contributed by atoms with Crippen LogP contribution in [0.2, 0.25) is 0 Å². The molecule has 1 aromatic heterocycles. The summed E-state index contributed by atoms with van der Waals surface area (Å²) in [6, 6.07) is 11.5. The van der Waals surface area contributed by atoms with Gasteiger partial charge in [-0.15, -0.1) is 0 Å². The van der Waals surface area contributed by atoms with Gasteiger partial charge in [0.05, 0.1) is 19.0 Å². The maximum absolute atomic E-state index is 5.62. The zero-order valence-corrected chi connectivity index (χ0v) is 10.3. The highest BCUT2D eigenvalue weighted by Crippen LogP contribution is 2.14. The quantitative estimate of drug-likeness (QED) is 0.875. The van der Waals surface area contributed by atoms with Crippen LogP contribution in [0, 0.1) is 0 Å². The molecule has 0 radical (unpaired) electrons. The summed E-state index contributed by atoms with van der Waals surface area (Å²) in [5.41, 5.74) is 7.41. The predicted octanol–water partition coefficient (Wildman–Crippen LogP) is 2.13. The van der Waals surface area contributed by atoms with Gasteiger partial charge in [-0.2, -0.15) is 0 Å². The van der Waals surface area contributed by atoms with Gasteiger partial charge in [0.15, 0.2) is 0 Å². The molecule has 0 unspecified atom stereocenters. The summed E-state index contributed by atoms with van der Waals surface area (Å²) in [6.45, 7) is 0.951. The Morgan fingerprint density at radius 3 is 2.33 bits per heavy atom. The minimum Gasteiger partial charge on any atom is -0.497 e. The van der Waals surface area contributed by atoms with Gasteiger partial charge in [0.1, 0.15) is 18.1 Å². The van der Waals surface area contributed by atoms with Gasteiger partial charge >= 0.3 is 0 Å². The molecule has 1 aromatic carbocycles. The Bertz CT molecular complexity index is 433. The van der Waals surface area contributed by atoms with Crippen LogP contribution in [0.5, 0.6) is 11.5 Å². The number of nitrogens with zero attached hydrogens (tertiary/aromatic N) is 1. The monoisotopic (exact) mass is 244 g/mol. The van der Waals surface area contributed by atoms with E-state index >= 15 is 0 Å². The van der Waals surface area contributed by atoms with Gasteiger partial charge in [-0.25, -0.2) is 0 Å². The first kappa shape index (κ1) is 12.4. The van der Waals surface area contributed by atoms with Crippen molar-refractivity contribution in [3.63, 3.8) is 0 Å². The molecule has 2 aromatic rings. The number of rotatable bonds is 5. The Morgan fingerprint density at radius 2 is 1.78 bits per heavy atom. The molecule has 94 valence electrons. The number of hydrogen-bond donors (Lipinski definition) is 1. The third-order valence-electron chi connectivity index (χ3n) is 2.57. The standard InChI is InChI=1S/C14H16N2O2/c1-17-13-5-2-11(3-6-13)10-18-14-7-4-12(8-15)16-9-14/h2-7,9H,8,10,15H2,1H3. The Kier molecular flexibility index (Phi) is 4.15. The molecular weight excluding hydrogens is 228 g/mol. The molecular formula is C14H16N2O2. The van der Waals surface area contributed by atoms with Crippen molar-refractivity contribution in [1.29, 1.82) is 0 Å². The summed E-state index contributed by atoms with van der Waals surface area (Å²) in [4.78, 5) is 4.17. The first-order valence-electron chi connectivity index (χ1n) is 5.72. The summed E-state index contributed by atoms with van der Waals surface area (Å²) < 4.78 is 10.7. The molecule has 0 bridgehead atoms. The van der Waals surface area contributed by atoms with Gasteiger partial charge in [0.2, 0.25) is 0 Å². The number of ether oxygens (including phenoxy) is 2. The van der Waals surface area contributed by atoms with Gasteiger partial charge in [-0.05, 0) is 29.8 Å². The maximum atomic E-state index is 5.62. The van der Waals surface area contributed by atoms with Crippen LogP contribution in [0.25, 0.3) is 0 Å². The molecule has 0 saturated heterocycles. The molecule has 0 aliphatic heterocycles. The number of hydrogen-bond acceptors (Lipinski definition) is 4. The lowest BCUT2D eigenvalue weighted by molar-refractivity contribution is 0.304. The molecule has 0 spiro atoms. The van der Waals surface area contributed by atoms with Crippen molar-refractivity contribution in [2.75, 3.05) is 7.11 Å². The van der Waals surface area contributed by atoms with Crippen molar-refractivity contribution in [3.05, 3.63) is 53.9 Å². The second-order valence-corrected chi connectivity index (χ2v) is 3.83. The van der Waals surface area contributed by atoms with Crippen molar-refractivity contribution < 1.29 is 9.47 Å². The summed E-state index contributed by atoms with van der Waals surface area (Å²) in [6.07, 6.45) is 1.69. The Hall–Kier alpha value is -2.07. The first-order chi connectivity index (χ1) is 8.81. The molecule has 1 heterocycles. The largest absolute Gasteiger partial charge is 0.497 e. The average molecular weight is 244 g/mol. The third-order valence-corrected chi connectivity index (χ3v) is 2.57. The molecule has 0 saturated carbocycles. The maximum Gasteiger partial charge on any atom is 0.138 e. The molecule has 0 aliphatic rings. The van der Waals surface area contributed by atoms with Crippen LogP contribution in [0.3, 0.4) is 0 Å². The van der Waals surface area contributed by atoms with Crippen molar-refractivity contribution in [1.82, 2.24) is 4.98 Å². The van der Waals surface area contributed by atoms with E-state index in [1.165, 1.54) is 0 Å². The fourth-order valence-corrected chi connectivity index (χ4v) is 1.51. The Labute approximate surface area is 106 Å². The van der Waals surface area contributed by atoms with E-state index in [-0.39, 0.29) is 0 Å². The fraction of sp³-hybridized carbons (Fsp3) is 0.214. The Balaban J connectivity index is 1.93. The van der Waals surface area contributed by atoms with Crippen LogP contribution in [-0.4, -0.2) is 12.1 Å². The van der Waals surface area contributed by atoms with Crippen LogP contribution in [-0.2, 0) is 13.2 Å². The van der Waals surface area contributed by atoms with Crippen LogP contribution >= 0.6 is 0 Å². The highest BCUT2D eigenvalue weighted by atomic mass is 16.5. The van der Waals surface area contributed by atoms with E-state index in [1.807, 2.05) is 36.4 Å². The molecule has 0 fully saturated rings. The normalized spacial score (nSPS) is 10.1. The number of pyridine rings is 1. The molecule has 18 heavy (non-hydrogen) atoms. The summed E-state index contributed by atoms with van der Waals surface area (Å²) in [5, 5.41) is 0. The van der Waals surface area contributed by atoms with Gasteiger partial charge in [-0.1, -0.05) is 12.1 Å². The lowest BCUT2D eigenvalue weighted by Gasteiger charge is -2.07. The van der Waals surface area contributed by atoms with Crippen LogP contribution < -0.4 is 15.2 Å². The number of aromatic nitrogens is 1. The number of methoxy groups -OCH3 is 1. The SMILES string of the molecule is COc1ccc(COc2ccc(CN)nc2)cc1. The van der Waals surface area contributed by atoms with E-state index in [0.29, 0.717) is 13.2 Å². The van der Waals surface area contributed by atoms with Gasteiger partial charge in [0.25, 0.3) is 0 Å². The van der Waals surface area contributed by atoms with E-state index < -0.39 is 0 Å². The average Bonchev–Trinajstić information content (AvgIpc) is 2.46. The lowest BCUT2D eigenvalue weighted by atomic mass is 10.2. The molecule has 0 aliphatic carbocycles. The lowest BCUT2D eigenvalue weighted by Crippen LogP contribution is -2.00. The fourth-order valence-electron chi connectivity index (χ4n) is 1.51. The zero-order chi connectivity index (χ0) is 12.8. The van der Waals surface area contributed by atoms with Crippen molar-refractivity contribution in [3.8, 4) is 11.5 Å². The summed E-state index contributed by atoms with van der Waals surface area (Å²) in [5.74, 6) is 1.58. The van der Waals surface area contributed by atoms with Crippen LogP contribution in [0.15, 0.2) is 42.6 Å². The minimum atomic E-state index is 0.443. The van der Waals surface area contributed by atoms with Crippen molar-refractivity contribution in [2.24, 2.45) is 5.73 Å². The topological polar surface area (TPSA) is 57.4 Å². The summed E-state index contributed by atoms with van der Waals surface area (Å²) in [7, 11) is 1.65. The second-order valence-electron chi connectivity index (χ2n) is 3.83. The van der Waals surface area contributed by atoms with Gasteiger partial charge in [-0.3, -0.25) is 4.98 Å². The molecule has 2 N–H and O–H groups in total. The predicted molar refractivity (Wildman–Crippen MR) is 69.5 cm³/mol. The number of benzene rings is 1. The van der Waals surface area contributed by atoms with E-state index in [0.717, 1.165) is 22.8 Å². The molecule has 2 rings (SSSR count). The van der Waals surface area contributed by atoms with Gasteiger partial charge in [0, 0.05) is 6.54 Å². The van der Waals surface area contributed by atoms with E-state index in [9.17, 15) is 0 Å². The van der Waals surface area contributed by atoms with E-state index in [4.69, 9.17) is 15.2 Å². The van der Waals surface area contributed by atoms with Crippen LogP contribution in [0.1, 0.15) is 11.3 Å². The molecule has 0 amide bonds. The smallest absolute Gasteiger partial charge is 0.138 e. The first-order valence-corrected chi connectivity index (χ1v) is 5.72. The van der Waals surface area contributed by atoms with Crippen molar-refractivity contribution >= 4 is 0 Å². The highest BCUT2D eigenvalue weighted by molar-refractivity contribution is 5.27. The Morgan fingerprint density at radius 1 is 1.06 bits per heavy atom. The molecule has 4 nitrogen and oxygen atoms in total. The van der Waals surface area contributed by atoms with Gasteiger partial charge < -0.3 is 15.2 Å². The zero-order valence-electron chi connectivity index (χ0n) is 10.3. The number of nitrogens with two attached hydrogens (primary N) is 1. The second kappa shape index (κ2) is 6.02. The highest BCUT2D eigenvalue weighted by Gasteiger charge is 1.98.